The van der Waals surface area contributed by atoms with Crippen molar-refractivity contribution in [3.63, 3.8) is 0 Å². The molecule has 0 radical (unpaired) electrons. The van der Waals surface area contributed by atoms with Gasteiger partial charge in [0, 0.05) is 5.56 Å². The zero-order valence-corrected chi connectivity index (χ0v) is 8.74. The van der Waals surface area contributed by atoms with Gasteiger partial charge in [-0.25, -0.2) is 0 Å². The number of benzene rings is 1. The van der Waals surface area contributed by atoms with Crippen molar-refractivity contribution < 1.29 is 4.79 Å². The minimum absolute atomic E-state index is 0.597. The Morgan fingerprint density at radius 3 is 2.47 bits per heavy atom. The minimum Gasteiger partial charge on any atom is -0.298 e. The number of hydrogen-bond acceptors (Lipinski definition) is 2. The summed E-state index contributed by atoms with van der Waals surface area (Å²) in [5.74, 6) is 0. The maximum Gasteiger partial charge on any atom is 0.153 e. The molecule has 0 fully saturated rings. The third-order valence-corrected chi connectivity index (χ3v) is 2.31. The lowest BCUT2D eigenvalue weighted by atomic mass is 10.0. The molecule has 15 heavy (non-hydrogen) atoms. The molecule has 0 aliphatic carbocycles. The van der Waals surface area contributed by atoms with Crippen LogP contribution in [0.5, 0.6) is 0 Å². The average molecular weight is 200 g/mol. The van der Waals surface area contributed by atoms with Crippen LogP contribution in [-0.2, 0) is 0 Å². The van der Waals surface area contributed by atoms with Crippen LogP contribution in [0, 0.1) is 13.8 Å². The van der Waals surface area contributed by atoms with Crippen molar-refractivity contribution in [1.82, 2.24) is 10.2 Å². The molecular weight excluding hydrogens is 188 g/mol. The second-order valence-electron chi connectivity index (χ2n) is 3.69. The van der Waals surface area contributed by atoms with Gasteiger partial charge in [0.1, 0.15) is 0 Å². The van der Waals surface area contributed by atoms with Crippen molar-refractivity contribution in [1.29, 1.82) is 0 Å². The van der Waals surface area contributed by atoms with Crippen LogP contribution >= 0.6 is 0 Å². The van der Waals surface area contributed by atoms with E-state index in [0.717, 1.165) is 17.5 Å². The highest BCUT2D eigenvalue weighted by atomic mass is 16.1. The number of aryl methyl sites for hydroxylation is 2. The van der Waals surface area contributed by atoms with Crippen LogP contribution in [0.1, 0.15) is 21.5 Å². The minimum atomic E-state index is 0.597. The standard InChI is InChI=1S/C12H12N2O/c1-8-3-9(2)5-10(4-8)12-11(7-15)6-13-14-12/h3-7H,1-2H3,(H,13,14). The number of nitrogens with zero attached hydrogens (tertiary/aromatic N) is 1. The lowest BCUT2D eigenvalue weighted by Crippen LogP contribution is -1.87. The van der Waals surface area contributed by atoms with Gasteiger partial charge in [-0.15, -0.1) is 0 Å². The molecule has 3 nitrogen and oxygen atoms in total. The molecule has 0 aliphatic heterocycles. The van der Waals surface area contributed by atoms with Crippen molar-refractivity contribution in [2.24, 2.45) is 0 Å². The molecule has 1 aromatic carbocycles. The van der Waals surface area contributed by atoms with E-state index in [-0.39, 0.29) is 0 Å². The Morgan fingerprint density at radius 1 is 1.20 bits per heavy atom. The van der Waals surface area contributed by atoms with E-state index in [1.165, 1.54) is 11.1 Å². The Bertz CT molecular complexity index is 480. The van der Waals surface area contributed by atoms with Gasteiger partial charge in [-0.3, -0.25) is 9.89 Å². The van der Waals surface area contributed by atoms with E-state index in [1.807, 2.05) is 26.0 Å². The van der Waals surface area contributed by atoms with Crippen molar-refractivity contribution in [2.75, 3.05) is 0 Å². The zero-order chi connectivity index (χ0) is 10.8. The summed E-state index contributed by atoms with van der Waals surface area (Å²) in [6.07, 6.45) is 2.36. The summed E-state index contributed by atoms with van der Waals surface area (Å²) in [4.78, 5) is 10.8. The van der Waals surface area contributed by atoms with Crippen LogP contribution < -0.4 is 0 Å². The average Bonchev–Trinajstić information content (AvgIpc) is 2.63. The van der Waals surface area contributed by atoms with E-state index in [1.54, 1.807) is 6.20 Å². The Balaban J connectivity index is 2.58. The molecule has 1 heterocycles. The van der Waals surface area contributed by atoms with Gasteiger partial charge < -0.3 is 0 Å². The maximum atomic E-state index is 10.8. The number of aromatic nitrogens is 2. The lowest BCUT2D eigenvalue weighted by molar-refractivity contribution is 0.112. The van der Waals surface area contributed by atoms with Crippen LogP contribution in [0.2, 0.25) is 0 Å². The highest BCUT2D eigenvalue weighted by Gasteiger charge is 2.07. The summed E-state index contributed by atoms with van der Waals surface area (Å²) in [6, 6.07) is 6.17. The molecule has 0 unspecified atom stereocenters. The second kappa shape index (κ2) is 3.69. The molecule has 2 aromatic rings. The highest BCUT2D eigenvalue weighted by Crippen LogP contribution is 2.22. The Kier molecular flexibility index (Phi) is 2.37. The van der Waals surface area contributed by atoms with Crippen LogP contribution in [0.4, 0.5) is 0 Å². The first kappa shape index (κ1) is 9.65. The van der Waals surface area contributed by atoms with Crippen molar-refractivity contribution in [2.45, 2.75) is 13.8 Å². The fourth-order valence-corrected chi connectivity index (χ4v) is 1.74. The van der Waals surface area contributed by atoms with Crippen LogP contribution in [0.3, 0.4) is 0 Å². The summed E-state index contributed by atoms with van der Waals surface area (Å²) in [6.45, 7) is 4.07. The Labute approximate surface area is 88.1 Å². The van der Waals surface area contributed by atoms with E-state index in [4.69, 9.17) is 0 Å². The van der Waals surface area contributed by atoms with Gasteiger partial charge in [-0.1, -0.05) is 17.2 Å². The Morgan fingerprint density at radius 2 is 1.87 bits per heavy atom. The lowest BCUT2D eigenvalue weighted by Gasteiger charge is -2.03. The van der Waals surface area contributed by atoms with E-state index < -0.39 is 0 Å². The van der Waals surface area contributed by atoms with Gasteiger partial charge in [0.2, 0.25) is 0 Å². The molecule has 1 aromatic heterocycles. The Hall–Kier alpha value is -1.90. The molecule has 0 spiro atoms. The molecule has 0 bridgehead atoms. The van der Waals surface area contributed by atoms with Gasteiger partial charge >= 0.3 is 0 Å². The molecule has 0 aliphatic rings. The number of nitrogens with one attached hydrogen (secondary N) is 1. The van der Waals surface area contributed by atoms with Gasteiger partial charge in [-0.2, -0.15) is 5.10 Å². The predicted molar refractivity (Wildman–Crippen MR) is 58.9 cm³/mol. The highest BCUT2D eigenvalue weighted by molar-refractivity contribution is 5.85. The first-order chi connectivity index (χ1) is 7.20. The molecule has 0 saturated carbocycles. The fourth-order valence-electron chi connectivity index (χ4n) is 1.74. The number of aromatic amines is 1. The van der Waals surface area contributed by atoms with Gasteiger partial charge in [-0.05, 0) is 26.0 Å². The molecule has 0 amide bonds. The zero-order valence-electron chi connectivity index (χ0n) is 8.74. The monoisotopic (exact) mass is 200 g/mol. The molecular formula is C12H12N2O. The van der Waals surface area contributed by atoms with E-state index in [2.05, 4.69) is 16.3 Å². The van der Waals surface area contributed by atoms with Crippen molar-refractivity contribution >= 4 is 6.29 Å². The number of rotatable bonds is 2. The fraction of sp³-hybridized carbons (Fsp3) is 0.167. The number of aldehydes is 1. The quantitative estimate of drug-likeness (QED) is 0.757. The third kappa shape index (κ3) is 1.81. The van der Waals surface area contributed by atoms with Gasteiger partial charge in [0.05, 0.1) is 17.5 Å². The molecule has 3 heteroatoms. The second-order valence-corrected chi connectivity index (χ2v) is 3.69. The predicted octanol–water partition coefficient (Wildman–Crippen LogP) is 2.51. The van der Waals surface area contributed by atoms with Crippen molar-refractivity contribution in [3.05, 3.63) is 41.1 Å². The van der Waals surface area contributed by atoms with Gasteiger partial charge in [0.15, 0.2) is 6.29 Å². The number of H-pyrrole nitrogens is 1. The summed E-state index contributed by atoms with van der Waals surface area (Å²) >= 11 is 0. The normalized spacial score (nSPS) is 10.3. The summed E-state index contributed by atoms with van der Waals surface area (Å²) in [5.41, 5.74) is 4.75. The smallest absolute Gasteiger partial charge is 0.153 e. The number of hydrogen-bond donors (Lipinski definition) is 1. The first-order valence-electron chi connectivity index (χ1n) is 4.78. The largest absolute Gasteiger partial charge is 0.298 e. The maximum absolute atomic E-state index is 10.8. The third-order valence-electron chi connectivity index (χ3n) is 2.31. The summed E-state index contributed by atoms with van der Waals surface area (Å²) in [7, 11) is 0. The molecule has 2 rings (SSSR count). The molecule has 1 N–H and O–H groups in total. The van der Waals surface area contributed by atoms with E-state index in [9.17, 15) is 4.79 Å². The van der Waals surface area contributed by atoms with Gasteiger partial charge in [0.25, 0.3) is 0 Å². The van der Waals surface area contributed by atoms with E-state index in [0.29, 0.717) is 5.56 Å². The topological polar surface area (TPSA) is 45.8 Å². The molecule has 76 valence electrons. The molecule has 0 saturated heterocycles. The van der Waals surface area contributed by atoms with Crippen LogP contribution in [-0.4, -0.2) is 16.5 Å². The summed E-state index contributed by atoms with van der Waals surface area (Å²) < 4.78 is 0. The first-order valence-corrected chi connectivity index (χ1v) is 4.78. The van der Waals surface area contributed by atoms with Crippen molar-refractivity contribution in [3.8, 4) is 11.3 Å². The summed E-state index contributed by atoms with van der Waals surface area (Å²) in [5, 5.41) is 6.72. The number of carbonyl (C=O) groups is 1. The van der Waals surface area contributed by atoms with Crippen LogP contribution in [0.15, 0.2) is 24.4 Å². The molecule has 0 atom stereocenters. The SMILES string of the molecule is Cc1cc(C)cc(-c2[nH]ncc2C=O)c1. The van der Waals surface area contributed by atoms with E-state index >= 15 is 0 Å². The van der Waals surface area contributed by atoms with Crippen LogP contribution in [0.25, 0.3) is 11.3 Å². The number of carbonyl (C=O) groups excluding carboxylic acids is 1.